The van der Waals surface area contributed by atoms with E-state index in [-0.39, 0.29) is 11.3 Å². The Morgan fingerprint density at radius 1 is 1.14 bits per heavy atom. The van der Waals surface area contributed by atoms with Gasteiger partial charge in [-0.15, -0.1) is 0 Å². The smallest absolute Gasteiger partial charge is 0.416 e. The summed E-state index contributed by atoms with van der Waals surface area (Å²) in [4.78, 5) is 14.7. The van der Waals surface area contributed by atoms with Crippen LogP contribution in [-0.2, 0) is 10.9 Å². The monoisotopic (exact) mass is 394 g/mol. The summed E-state index contributed by atoms with van der Waals surface area (Å²) in [6.45, 7) is 3.82. The molecule has 0 aliphatic carbocycles. The number of hydrogen-bond donors (Lipinski definition) is 1. The quantitative estimate of drug-likeness (QED) is 0.848. The molecule has 1 heterocycles. The van der Waals surface area contributed by atoms with Crippen LogP contribution in [0.5, 0.6) is 5.75 Å². The molecule has 8 heteroatoms. The number of methoxy groups -OCH3 is 1. The van der Waals surface area contributed by atoms with E-state index in [1.807, 2.05) is 11.8 Å². The third kappa shape index (κ3) is 4.39. The second kappa shape index (κ2) is 8.10. The first-order valence-corrected chi connectivity index (χ1v) is 8.79. The molecule has 0 aromatic heterocycles. The molecule has 0 spiro atoms. The van der Waals surface area contributed by atoms with Gasteiger partial charge in [-0.1, -0.05) is 11.6 Å². The maximum Gasteiger partial charge on any atom is 0.416 e. The second-order valence-electron chi connectivity index (χ2n) is 6.49. The Bertz CT molecular complexity index is 862. The largest absolute Gasteiger partial charge is 0.496 e. The molecule has 2 aromatic rings. The van der Waals surface area contributed by atoms with Crippen LogP contribution in [0, 0.1) is 6.92 Å². The number of morpholine rings is 1. The lowest BCUT2D eigenvalue weighted by molar-refractivity contribution is -0.137. The lowest BCUT2D eigenvalue weighted by Crippen LogP contribution is -2.36. The fraction of sp³-hybridized carbons (Fsp3) is 0.350. The first-order valence-electron chi connectivity index (χ1n) is 8.79. The van der Waals surface area contributed by atoms with Gasteiger partial charge in [0.15, 0.2) is 0 Å². The molecule has 0 unspecified atom stereocenters. The van der Waals surface area contributed by atoms with E-state index in [2.05, 4.69) is 5.32 Å². The van der Waals surface area contributed by atoms with Crippen LogP contribution in [0.2, 0.25) is 0 Å². The molecule has 150 valence electrons. The highest BCUT2D eigenvalue weighted by Gasteiger charge is 2.32. The van der Waals surface area contributed by atoms with Crippen LogP contribution in [0.25, 0.3) is 0 Å². The topological polar surface area (TPSA) is 50.8 Å². The van der Waals surface area contributed by atoms with Gasteiger partial charge in [0.05, 0.1) is 42.8 Å². The van der Waals surface area contributed by atoms with E-state index in [1.165, 1.54) is 13.2 Å². The molecule has 0 radical (unpaired) electrons. The van der Waals surface area contributed by atoms with Crippen LogP contribution in [0.4, 0.5) is 24.5 Å². The SMILES string of the molecule is COc1ccc(C)cc1C(=O)Nc1cc(C(F)(F)F)ccc1N1CCOCC1. The van der Waals surface area contributed by atoms with Crippen molar-refractivity contribution in [3.05, 3.63) is 53.1 Å². The van der Waals surface area contributed by atoms with Gasteiger partial charge in [0.2, 0.25) is 0 Å². The Hall–Kier alpha value is -2.74. The summed E-state index contributed by atoms with van der Waals surface area (Å²) in [5, 5.41) is 2.64. The highest BCUT2D eigenvalue weighted by atomic mass is 19.4. The molecule has 1 saturated heterocycles. The number of aryl methyl sites for hydroxylation is 1. The van der Waals surface area contributed by atoms with Crippen molar-refractivity contribution >= 4 is 17.3 Å². The minimum atomic E-state index is -4.51. The third-order valence-corrected chi connectivity index (χ3v) is 4.52. The van der Waals surface area contributed by atoms with E-state index < -0.39 is 17.6 Å². The number of anilines is 2. The molecule has 0 atom stereocenters. The van der Waals surface area contributed by atoms with E-state index in [0.29, 0.717) is 37.7 Å². The number of nitrogens with one attached hydrogen (secondary N) is 1. The maximum absolute atomic E-state index is 13.2. The van der Waals surface area contributed by atoms with Crippen LogP contribution in [0.3, 0.4) is 0 Å². The summed E-state index contributed by atoms with van der Waals surface area (Å²) in [6.07, 6.45) is -4.51. The summed E-state index contributed by atoms with van der Waals surface area (Å²) in [5.41, 5.74) is 0.897. The average molecular weight is 394 g/mol. The van der Waals surface area contributed by atoms with Gasteiger partial charge in [-0.2, -0.15) is 13.2 Å². The fourth-order valence-electron chi connectivity index (χ4n) is 3.08. The molecule has 28 heavy (non-hydrogen) atoms. The van der Waals surface area contributed by atoms with Gasteiger partial charge in [0.1, 0.15) is 5.75 Å². The molecule has 2 aromatic carbocycles. The van der Waals surface area contributed by atoms with Crippen LogP contribution >= 0.6 is 0 Å². The number of rotatable bonds is 4. The number of nitrogens with zero attached hydrogens (tertiary/aromatic N) is 1. The van der Waals surface area contributed by atoms with Gasteiger partial charge < -0.3 is 19.7 Å². The molecule has 5 nitrogen and oxygen atoms in total. The van der Waals surface area contributed by atoms with Gasteiger partial charge in [0, 0.05) is 13.1 Å². The van der Waals surface area contributed by atoms with Crippen molar-refractivity contribution in [3.8, 4) is 5.75 Å². The second-order valence-corrected chi connectivity index (χ2v) is 6.49. The number of halogens is 3. The number of hydrogen-bond acceptors (Lipinski definition) is 4. The van der Waals surface area contributed by atoms with Gasteiger partial charge in [0.25, 0.3) is 5.91 Å². The number of carbonyl (C=O) groups excluding carboxylic acids is 1. The predicted octanol–water partition coefficient (Wildman–Crippen LogP) is 4.11. The first-order chi connectivity index (χ1) is 13.3. The summed E-state index contributed by atoms with van der Waals surface area (Å²) < 4.78 is 50.1. The zero-order valence-corrected chi connectivity index (χ0v) is 15.6. The Balaban J connectivity index is 1.98. The lowest BCUT2D eigenvalue weighted by atomic mass is 10.1. The highest BCUT2D eigenvalue weighted by Crippen LogP contribution is 2.36. The molecule has 3 rings (SSSR count). The number of alkyl halides is 3. The number of benzene rings is 2. The highest BCUT2D eigenvalue weighted by molar-refractivity contribution is 6.08. The van der Waals surface area contributed by atoms with E-state index in [1.54, 1.807) is 18.2 Å². The predicted molar refractivity (Wildman–Crippen MR) is 100 cm³/mol. The zero-order chi connectivity index (χ0) is 20.3. The number of carbonyl (C=O) groups is 1. The summed E-state index contributed by atoms with van der Waals surface area (Å²) in [5.74, 6) is -0.183. The van der Waals surface area contributed by atoms with Crippen molar-refractivity contribution in [2.45, 2.75) is 13.1 Å². The Labute approximate surface area is 161 Å². The molecule has 1 amide bonds. The lowest BCUT2D eigenvalue weighted by Gasteiger charge is -2.31. The Morgan fingerprint density at radius 3 is 2.50 bits per heavy atom. The fourth-order valence-corrected chi connectivity index (χ4v) is 3.08. The van der Waals surface area contributed by atoms with Gasteiger partial charge in [-0.25, -0.2) is 0 Å². The van der Waals surface area contributed by atoms with Crippen molar-refractivity contribution in [2.75, 3.05) is 43.6 Å². The molecule has 1 aliphatic heterocycles. The van der Waals surface area contributed by atoms with E-state index in [0.717, 1.165) is 17.7 Å². The van der Waals surface area contributed by atoms with Crippen molar-refractivity contribution in [1.82, 2.24) is 0 Å². The van der Waals surface area contributed by atoms with Crippen LogP contribution in [-0.4, -0.2) is 39.3 Å². The molecular weight excluding hydrogens is 373 g/mol. The van der Waals surface area contributed by atoms with Crippen molar-refractivity contribution < 1.29 is 27.4 Å². The van der Waals surface area contributed by atoms with Crippen molar-refractivity contribution in [3.63, 3.8) is 0 Å². The molecule has 1 aliphatic rings. The maximum atomic E-state index is 13.2. The summed E-state index contributed by atoms with van der Waals surface area (Å²) in [7, 11) is 1.44. The van der Waals surface area contributed by atoms with E-state index >= 15 is 0 Å². The number of amides is 1. The van der Waals surface area contributed by atoms with E-state index in [4.69, 9.17) is 9.47 Å². The Morgan fingerprint density at radius 2 is 1.86 bits per heavy atom. The van der Waals surface area contributed by atoms with Crippen LogP contribution < -0.4 is 15.0 Å². The van der Waals surface area contributed by atoms with Gasteiger partial charge in [-0.05, 0) is 37.3 Å². The van der Waals surface area contributed by atoms with Crippen LogP contribution in [0.1, 0.15) is 21.5 Å². The van der Waals surface area contributed by atoms with Gasteiger partial charge in [-0.3, -0.25) is 4.79 Å². The molecular formula is C20H21F3N2O3. The molecule has 0 bridgehead atoms. The van der Waals surface area contributed by atoms with Gasteiger partial charge >= 0.3 is 6.18 Å². The first kappa shape index (κ1) is 20.0. The normalized spacial score (nSPS) is 14.7. The standard InChI is InChI=1S/C20H21F3N2O3/c1-13-3-6-18(27-2)15(11-13)19(26)24-16-12-14(20(21,22)23)4-5-17(16)25-7-9-28-10-8-25/h3-6,11-12H,7-10H2,1-2H3,(H,24,26). The van der Waals surface area contributed by atoms with Crippen molar-refractivity contribution in [2.24, 2.45) is 0 Å². The summed E-state index contributed by atoms with van der Waals surface area (Å²) >= 11 is 0. The van der Waals surface area contributed by atoms with E-state index in [9.17, 15) is 18.0 Å². The van der Waals surface area contributed by atoms with Crippen molar-refractivity contribution in [1.29, 1.82) is 0 Å². The molecule has 0 saturated carbocycles. The zero-order valence-electron chi connectivity index (χ0n) is 15.6. The molecule has 1 fully saturated rings. The van der Waals surface area contributed by atoms with Crippen LogP contribution in [0.15, 0.2) is 36.4 Å². The third-order valence-electron chi connectivity index (χ3n) is 4.52. The Kier molecular flexibility index (Phi) is 5.79. The minimum Gasteiger partial charge on any atom is -0.496 e. The summed E-state index contributed by atoms with van der Waals surface area (Å²) in [6, 6.07) is 8.45. The number of ether oxygens (including phenoxy) is 2. The molecule has 1 N–H and O–H groups in total. The minimum absolute atomic E-state index is 0.102. The average Bonchev–Trinajstić information content (AvgIpc) is 2.68.